The Kier molecular flexibility index (Phi) is 6.45. The monoisotopic (exact) mass is 507 g/mol. The van der Waals surface area contributed by atoms with Crippen molar-refractivity contribution in [2.45, 2.75) is 43.9 Å². The first-order valence-corrected chi connectivity index (χ1v) is 12.7. The molecule has 3 N–H and O–H groups in total. The molecule has 2 aromatic carbocycles. The number of aliphatic hydroxyl groups is 1. The SMILES string of the molecule is COc1ccc(NC(=O)C2N(CCCO)C(=O)[C@@H]3[C@@H](C(=O)Nc4ccccc4)[C@]4(C)OC23CC4C)cc1. The number of anilines is 2. The van der Waals surface area contributed by atoms with Gasteiger partial charge in [0.05, 0.1) is 24.5 Å². The summed E-state index contributed by atoms with van der Waals surface area (Å²) >= 11 is 0. The van der Waals surface area contributed by atoms with Gasteiger partial charge >= 0.3 is 0 Å². The number of rotatable bonds is 8. The molecular formula is C28H33N3O6. The molecule has 9 heteroatoms. The summed E-state index contributed by atoms with van der Waals surface area (Å²) in [5.41, 5.74) is -0.848. The number of hydrogen-bond acceptors (Lipinski definition) is 6. The third-order valence-corrected chi connectivity index (χ3v) is 8.30. The summed E-state index contributed by atoms with van der Waals surface area (Å²) in [6, 6.07) is 15.1. The summed E-state index contributed by atoms with van der Waals surface area (Å²) in [6.45, 7) is 3.95. The third kappa shape index (κ3) is 3.97. The molecule has 3 aliphatic heterocycles. The van der Waals surface area contributed by atoms with Crippen LogP contribution in [0.3, 0.4) is 0 Å². The standard InChI is InChI=1S/C28H33N3O6/c1-17-16-28-22(21(27(17,2)37-28)24(33)29-18-8-5-4-6-9-18)26(35)31(14-7-15-32)23(28)25(34)30-19-10-12-20(36-3)13-11-19/h4-6,8-13,17,21-23,32H,7,14-16H2,1-3H3,(H,29,33)(H,30,34)/t17?,21-,22-,23?,27+,28?/m0/s1. The van der Waals surface area contributed by atoms with Crippen LogP contribution in [-0.4, -0.2) is 65.2 Å². The first-order chi connectivity index (χ1) is 17.7. The summed E-state index contributed by atoms with van der Waals surface area (Å²) in [6.07, 6.45) is 0.792. The first kappa shape index (κ1) is 25.2. The Morgan fingerprint density at radius 3 is 2.38 bits per heavy atom. The van der Waals surface area contributed by atoms with Crippen LogP contribution in [0.5, 0.6) is 5.75 Å². The molecule has 3 heterocycles. The van der Waals surface area contributed by atoms with Crippen LogP contribution in [0.1, 0.15) is 26.7 Å². The summed E-state index contributed by atoms with van der Waals surface area (Å²) in [5.74, 6) is -1.92. The van der Waals surface area contributed by atoms with Gasteiger partial charge in [0.15, 0.2) is 0 Å². The van der Waals surface area contributed by atoms with Gasteiger partial charge in [-0.3, -0.25) is 14.4 Å². The van der Waals surface area contributed by atoms with Crippen molar-refractivity contribution in [2.75, 3.05) is 30.9 Å². The molecule has 2 aromatic rings. The predicted molar refractivity (Wildman–Crippen MR) is 137 cm³/mol. The zero-order chi connectivity index (χ0) is 26.4. The maximum Gasteiger partial charge on any atom is 0.250 e. The highest BCUT2D eigenvalue weighted by atomic mass is 16.5. The van der Waals surface area contributed by atoms with Gasteiger partial charge in [-0.1, -0.05) is 25.1 Å². The van der Waals surface area contributed by atoms with Gasteiger partial charge < -0.3 is 30.1 Å². The number of benzene rings is 2. The van der Waals surface area contributed by atoms with Crippen LogP contribution in [0.2, 0.25) is 0 Å². The molecule has 3 aliphatic rings. The average Bonchev–Trinajstić information content (AvgIpc) is 3.40. The number of para-hydroxylation sites is 1. The summed E-state index contributed by atoms with van der Waals surface area (Å²) in [7, 11) is 1.57. The number of aliphatic hydroxyl groups excluding tert-OH is 1. The van der Waals surface area contributed by atoms with Crippen molar-refractivity contribution in [3.8, 4) is 5.75 Å². The van der Waals surface area contributed by atoms with Gasteiger partial charge in [0.1, 0.15) is 17.4 Å². The van der Waals surface area contributed by atoms with E-state index in [0.29, 0.717) is 30.0 Å². The number of hydrogen-bond donors (Lipinski definition) is 3. The molecule has 0 aromatic heterocycles. The summed E-state index contributed by atoms with van der Waals surface area (Å²) in [5, 5.41) is 15.4. The van der Waals surface area contributed by atoms with Gasteiger partial charge in [0, 0.05) is 24.5 Å². The van der Waals surface area contributed by atoms with E-state index in [0.717, 1.165) is 0 Å². The second-order valence-corrected chi connectivity index (χ2v) is 10.4. The number of ether oxygens (including phenoxy) is 2. The minimum absolute atomic E-state index is 0.0582. The smallest absolute Gasteiger partial charge is 0.250 e. The molecule has 1 spiro atoms. The van der Waals surface area contributed by atoms with Crippen LogP contribution >= 0.6 is 0 Å². The minimum atomic E-state index is -1.14. The van der Waals surface area contributed by atoms with Crippen LogP contribution in [0.4, 0.5) is 11.4 Å². The van der Waals surface area contributed by atoms with Crippen molar-refractivity contribution >= 4 is 29.1 Å². The van der Waals surface area contributed by atoms with Gasteiger partial charge in [0.2, 0.25) is 17.7 Å². The number of nitrogens with zero attached hydrogens (tertiary/aromatic N) is 1. The number of likely N-dealkylation sites (tertiary alicyclic amines) is 1. The van der Waals surface area contributed by atoms with Gasteiger partial charge in [-0.25, -0.2) is 0 Å². The highest BCUT2D eigenvalue weighted by molar-refractivity contribution is 6.05. The maximum atomic E-state index is 13.9. The molecule has 3 fully saturated rings. The Balaban J connectivity index is 1.50. The van der Waals surface area contributed by atoms with E-state index in [4.69, 9.17) is 9.47 Å². The van der Waals surface area contributed by atoms with Crippen molar-refractivity contribution in [1.82, 2.24) is 4.90 Å². The molecule has 2 bridgehead atoms. The number of carbonyl (C=O) groups is 3. The fourth-order valence-electron chi connectivity index (χ4n) is 6.55. The molecular weight excluding hydrogens is 474 g/mol. The predicted octanol–water partition coefficient (Wildman–Crippen LogP) is 2.67. The molecule has 6 atom stereocenters. The fourth-order valence-corrected chi connectivity index (χ4v) is 6.55. The zero-order valence-corrected chi connectivity index (χ0v) is 21.3. The minimum Gasteiger partial charge on any atom is -0.497 e. The molecule has 0 saturated carbocycles. The van der Waals surface area contributed by atoms with Crippen molar-refractivity contribution in [2.24, 2.45) is 17.8 Å². The van der Waals surface area contributed by atoms with E-state index in [2.05, 4.69) is 10.6 Å². The van der Waals surface area contributed by atoms with Crippen molar-refractivity contribution in [3.63, 3.8) is 0 Å². The van der Waals surface area contributed by atoms with Crippen molar-refractivity contribution < 1.29 is 29.0 Å². The van der Waals surface area contributed by atoms with E-state index >= 15 is 0 Å². The van der Waals surface area contributed by atoms with E-state index in [1.54, 1.807) is 43.5 Å². The normalized spacial score (nSPS) is 31.8. The average molecular weight is 508 g/mol. The second kappa shape index (κ2) is 9.46. The Morgan fingerprint density at radius 2 is 1.73 bits per heavy atom. The molecule has 3 unspecified atom stereocenters. The summed E-state index contributed by atoms with van der Waals surface area (Å²) < 4.78 is 11.9. The van der Waals surface area contributed by atoms with E-state index in [9.17, 15) is 19.5 Å². The Morgan fingerprint density at radius 1 is 1.08 bits per heavy atom. The van der Waals surface area contributed by atoms with Gasteiger partial charge in [0.25, 0.3) is 0 Å². The molecule has 0 radical (unpaired) electrons. The number of nitrogens with one attached hydrogen (secondary N) is 2. The van der Waals surface area contributed by atoms with Crippen LogP contribution in [0.15, 0.2) is 54.6 Å². The lowest BCUT2D eigenvalue weighted by atomic mass is 9.62. The molecule has 0 aliphatic carbocycles. The molecule has 3 amide bonds. The van der Waals surface area contributed by atoms with Crippen LogP contribution in [0, 0.1) is 17.8 Å². The number of carbonyl (C=O) groups excluding carboxylic acids is 3. The third-order valence-electron chi connectivity index (χ3n) is 8.30. The van der Waals surface area contributed by atoms with E-state index < -0.39 is 29.1 Å². The topological polar surface area (TPSA) is 117 Å². The van der Waals surface area contributed by atoms with Crippen molar-refractivity contribution in [3.05, 3.63) is 54.6 Å². The lowest BCUT2D eigenvalue weighted by Crippen LogP contribution is -2.54. The van der Waals surface area contributed by atoms with Crippen LogP contribution in [0.25, 0.3) is 0 Å². The number of amides is 3. The summed E-state index contributed by atoms with van der Waals surface area (Å²) in [4.78, 5) is 42.9. The molecule has 5 rings (SSSR count). The molecule has 9 nitrogen and oxygen atoms in total. The molecule has 37 heavy (non-hydrogen) atoms. The lowest BCUT2D eigenvalue weighted by molar-refractivity contribution is -0.144. The molecule has 3 saturated heterocycles. The van der Waals surface area contributed by atoms with Crippen LogP contribution < -0.4 is 15.4 Å². The first-order valence-electron chi connectivity index (χ1n) is 12.7. The highest BCUT2D eigenvalue weighted by Crippen LogP contribution is 2.65. The van der Waals surface area contributed by atoms with Crippen LogP contribution in [-0.2, 0) is 19.1 Å². The second-order valence-electron chi connectivity index (χ2n) is 10.4. The number of fused-ring (bicyclic) bond motifs is 1. The quantitative estimate of drug-likeness (QED) is 0.506. The Bertz CT molecular complexity index is 1190. The van der Waals surface area contributed by atoms with Gasteiger partial charge in [-0.05, 0) is 62.1 Å². The fraction of sp³-hybridized carbons (Fsp3) is 0.464. The van der Waals surface area contributed by atoms with E-state index in [1.807, 2.05) is 32.0 Å². The zero-order valence-electron chi connectivity index (χ0n) is 21.3. The van der Waals surface area contributed by atoms with E-state index in [1.165, 1.54) is 4.90 Å². The maximum absolute atomic E-state index is 13.9. The number of methoxy groups -OCH3 is 1. The van der Waals surface area contributed by atoms with E-state index in [-0.39, 0.29) is 36.8 Å². The highest BCUT2D eigenvalue weighted by Gasteiger charge is 2.79. The van der Waals surface area contributed by atoms with Crippen molar-refractivity contribution in [1.29, 1.82) is 0 Å². The van der Waals surface area contributed by atoms with Gasteiger partial charge in [-0.2, -0.15) is 0 Å². The lowest BCUT2D eigenvalue weighted by Gasteiger charge is -2.36. The van der Waals surface area contributed by atoms with Gasteiger partial charge in [-0.15, -0.1) is 0 Å². The molecule has 196 valence electrons. The largest absolute Gasteiger partial charge is 0.497 e. The Labute approximate surface area is 216 Å². The Hall–Kier alpha value is -3.43.